The lowest BCUT2D eigenvalue weighted by atomic mass is 9.43. The number of aromatic nitrogens is 3. The number of nitrogens with zero attached hydrogens (tertiary/aromatic N) is 3. The minimum absolute atomic E-state index is 0.109. The summed E-state index contributed by atoms with van der Waals surface area (Å²) in [6, 6.07) is 64.3. The second kappa shape index (κ2) is 13.1. The summed E-state index contributed by atoms with van der Waals surface area (Å²) in [6.45, 7) is 0. The molecule has 4 bridgehead atoms. The van der Waals surface area contributed by atoms with E-state index in [1.54, 1.807) is 11.1 Å². The zero-order chi connectivity index (χ0) is 39.4. The average molecular weight is 770 g/mol. The van der Waals surface area contributed by atoms with Crippen molar-refractivity contribution >= 4 is 21.5 Å². The molecular weight excluding hydrogens is 727 g/mol. The van der Waals surface area contributed by atoms with Gasteiger partial charge >= 0.3 is 0 Å². The molecule has 1 spiro atoms. The van der Waals surface area contributed by atoms with Gasteiger partial charge in [-0.15, -0.1) is 0 Å². The molecule has 3 nitrogen and oxygen atoms in total. The van der Waals surface area contributed by atoms with Gasteiger partial charge in [0.1, 0.15) is 0 Å². The zero-order valence-corrected chi connectivity index (χ0v) is 33.4. The normalized spacial score (nSPS) is 22.1. The Labute approximate surface area is 350 Å². The third-order valence-corrected chi connectivity index (χ3v) is 14.9. The topological polar surface area (TPSA) is 38.7 Å². The van der Waals surface area contributed by atoms with E-state index in [4.69, 9.17) is 15.0 Å². The van der Waals surface area contributed by atoms with Crippen molar-refractivity contribution in [1.82, 2.24) is 15.0 Å². The fraction of sp³-hybridized carbons (Fsp3) is 0.175. The predicted octanol–water partition coefficient (Wildman–Crippen LogP) is 14.2. The first kappa shape index (κ1) is 34.2. The lowest BCUT2D eigenvalue weighted by Crippen LogP contribution is -2.55. The minimum Gasteiger partial charge on any atom is -0.208 e. The summed E-state index contributed by atoms with van der Waals surface area (Å²) in [5, 5.41) is 5.15. The molecule has 286 valence electrons. The molecule has 60 heavy (non-hydrogen) atoms. The highest BCUT2D eigenvalue weighted by Gasteiger charge is 2.62. The van der Waals surface area contributed by atoms with Crippen molar-refractivity contribution in [3.63, 3.8) is 0 Å². The number of rotatable bonds is 5. The first-order valence-electron chi connectivity index (χ1n) is 21.9. The van der Waals surface area contributed by atoms with Crippen LogP contribution < -0.4 is 0 Å². The largest absolute Gasteiger partial charge is 0.208 e. The lowest BCUT2D eigenvalue weighted by Gasteiger charge is -2.61. The van der Waals surface area contributed by atoms with Crippen LogP contribution in [0.5, 0.6) is 0 Å². The maximum Gasteiger partial charge on any atom is 0.164 e. The van der Waals surface area contributed by atoms with Crippen molar-refractivity contribution in [2.75, 3.05) is 0 Å². The maximum atomic E-state index is 5.14. The fourth-order valence-electron chi connectivity index (χ4n) is 12.6. The highest BCUT2D eigenvalue weighted by molar-refractivity contribution is 5.99. The van der Waals surface area contributed by atoms with Gasteiger partial charge in [-0.3, -0.25) is 0 Å². The van der Waals surface area contributed by atoms with E-state index in [-0.39, 0.29) is 5.41 Å². The van der Waals surface area contributed by atoms with E-state index >= 15 is 0 Å². The van der Waals surface area contributed by atoms with Crippen LogP contribution in [0, 0.1) is 23.7 Å². The summed E-state index contributed by atoms with van der Waals surface area (Å²) in [7, 11) is 0. The van der Waals surface area contributed by atoms with Crippen molar-refractivity contribution in [2.45, 2.75) is 37.5 Å². The Morgan fingerprint density at radius 1 is 0.350 bits per heavy atom. The number of hydrogen-bond donors (Lipinski definition) is 0. The average Bonchev–Trinajstić information content (AvgIpc) is 3.61. The summed E-state index contributed by atoms with van der Waals surface area (Å²) in [5.74, 6) is 5.28. The van der Waals surface area contributed by atoms with E-state index in [2.05, 4.69) is 158 Å². The Kier molecular flexibility index (Phi) is 7.49. The quantitative estimate of drug-likeness (QED) is 0.175. The molecule has 1 heterocycles. The van der Waals surface area contributed by atoms with Crippen molar-refractivity contribution in [3.8, 4) is 67.5 Å². The first-order chi connectivity index (χ1) is 29.7. The standard InChI is InChI=1S/C57H43N3/c1-2-12-41(13-3-1)54-58-55(60-56(59-54)51-19-9-14-39-10-4-6-17-47(39)51)44-16-8-15-42(33-44)37-20-22-38(23-21-37)43-25-26-49-50-27-24-40-11-5-7-18-48(40)53(50)57(52(49)34-43)45-29-35-28-36(31-45)32-46(57)30-35/h1-27,33-36,45-46H,28-32H2. The van der Waals surface area contributed by atoms with Gasteiger partial charge in [0, 0.05) is 22.1 Å². The van der Waals surface area contributed by atoms with Crippen molar-refractivity contribution in [1.29, 1.82) is 0 Å². The third-order valence-electron chi connectivity index (χ3n) is 14.9. The summed E-state index contributed by atoms with van der Waals surface area (Å²) < 4.78 is 0. The van der Waals surface area contributed by atoms with E-state index in [0.29, 0.717) is 17.5 Å². The molecule has 0 N–H and O–H groups in total. The molecule has 14 rings (SSSR count). The Bertz CT molecular complexity index is 3130. The molecule has 4 fully saturated rings. The van der Waals surface area contributed by atoms with Gasteiger partial charge in [0.25, 0.3) is 0 Å². The molecule has 9 aromatic rings. The fourth-order valence-corrected chi connectivity index (χ4v) is 12.6. The second-order valence-electron chi connectivity index (χ2n) is 18.0. The number of hydrogen-bond acceptors (Lipinski definition) is 3. The van der Waals surface area contributed by atoms with Crippen LogP contribution in [0.15, 0.2) is 176 Å². The molecule has 0 unspecified atom stereocenters. The van der Waals surface area contributed by atoms with Crippen molar-refractivity contribution < 1.29 is 0 Å². The van der Waals surface area contributed by atoms with Crippen molar-refractivity contribution in [3.05, 3.63) is 187 Å². The molecule has 0 radical (unpaired) electrons. The van der Waals surface area contributed by atoms with Crippen LogP contribution in [0.3, 0.4) is 0 Å². The van der Waals surface area contributed by atoms with E-state index in [9.17, 15) is 0 Å². The molecule has 0 amide bonds. The van der Waals surface area contributed by atoms with Gasteiger partial charge in [0.15, 0.2) is 17.5 Å². The molecule has 0 aliphatic heterocycles. The molecule has 8 aromatic carbocycles. The SMILES string of the molecule is c1ccc(-c2nc(-c3cccc(-c4ccc(-c5ccc6c(c5)C5(c7c-6ccc6ccccc76)C6CC7CC(C6)CC5C7)cc4)c3)nc(-c3cccc4ccccc34)n2)cc1. The monoisotopic (exact) mass is 769 g/mol. The predicted molar refractivity (Wildman–Crippen MR) is 245 cm³/mol. The molecule has 4 saturated carbocycles. The third kappa shape index (κ3) is 5.11. The van der Waals surface area contributed by atoms with Gasteiger partial charge in [-0.05, 0) is 134 Å². The van der Waals surface area contributed by atoms with E-state index < -0.39 is 0 Å². The van der Waals surface area contributed by atoms with Crippen LogP contribution in [0.4, 0.5) is 0 Å². The highest BCUT2D eigenvalue weighted by atomic mass is 15.0. The zero-order valence-electron chi connectivity index (χ0n) is 33.4. The van der Waals surface area contributed by atoms with Gasteiger partial charge in [0.05, 0.1) is 0 Å². The molecule has 0 atom stereocenters. The van der Waals surface area contributed by atoms with Gasteiger partial charge in [-0.25, -0.2) is 15.0 Å². The van der Waals surface area contributed by atoms with Crippen LogP contribution in [0.25, 0.3) is 89.1 Å². The van der Waals surface area contributed by atoms with Gasteiger partial charge in [0.2, 0.25) is 0 Å². The highest BCUT2D eigenvalue weighted by Crippen LogP contribution is 2.70. The Morgan fingerprint density at radius 3 is 1.63 bits per heavy atom. The molecule has 0 saturated heterocycles. The summed E-state index contributed by atoms with van der Waals surface area (Å²) in [4.78, 5) is 15.3. The summed E-state index contributed by atoms with van der Waals surface area (Å²) in [6.07, 6.45) is 7.00. The van der Waals surface area contributed by atoms with Crippen LogP contribution in [-0.2, 0) is 5.41 Å². The molecule has 1 aromatic heterocycles. The van der Waals surface area contributed by atoms with Crippen LogP contribution in [-0.4, -0.2) is 15.0 Å². The van der Waals surface area contributed by atoms with E-state index in [0.717, 1.165) is 56.7 Å². The van der Waals surface area contributed by atoms with Gasteiger partial charge in [-0.2, -0.15) is 0 Å². The van der Waals surface area contributed by atoms with Crippen LogP contribution in [0.1, 0.15) is 43.2 Å². The first-order valence-corrected chi connectivity index (χ1v) is 21.9. The van der Waals surface area contributed by atoms with Crippen LogP contribution >= 0.6 is 0 Å². The Balaban J connectivity index is 0.880. The molecule has 5 aliphatic carbocycles. The van der Waals surface area contributed by atoms with Gasteiger partial charge < -0.3 is 0 Å². The Morgan fingerprint density at radius 2 is 0.883 bits per heavy atom. The second-order valence-corrected chi connectivity index (χ2v) is 18.0. The smallest absolute Gasteiger partial charge is 0.164 e. The van der Waals surface area contributed by atoms with Crippen molar-refractivity contribution in [2.24, 2.45) is 23.7 Å². The minimum atomic E-state index is 0.109. The van der Waals surface area contributed by atoms with Crippen LogP contribution in [0.2, 0.25) is 0 Å². The molecular formula is C57H43N3. The maximum absolute atomic E-state index is 5.14. The lowest BCUT2D eigenvalue weighted by molar-refractivity contribution is -0.0393. The molecule has 5 aliphatic rings. The van der Waals surface area contributed by atoms with E-state index in [1.807, 2.05) is 18.2 Å². The number of fused-ring (bicyclic) bond motifs is 6. The molecule has 3 heteroatoms. The number of benzene rings is 8. The summed E-state index contributed by atoms with van der Waals surface area (Å²) >= 11 is 0. The Hall–Kier alpha value is -6.71. The summed E-state index contributed by atoms with van der Waals surface area (Å²) in [5.41, 5.74) is 14.1. The van der Waals surface area contributed by atoms with Gasteiger partial charge in [-0.1, -0.05) is 164 Å². The van der Waals surface area contributed by atoms with E-state index in [1.165, 1.54) is 70.7 Å².